The summed E-state index contributed by atoms with van der Waals surface area (Å²) in [5.74, 6) is -1.05. The molecule has 88 valence electrons. The van der Waals surface area contributed by atoms with Crippen molar-refractivity contribution in [1.82, 2.24) is 9.78 Å². The van der Waals surface area contributed by atoms with E-state index in [2.05, 4.69) is 5.10 Å². The van der Waals surface area contributed by atoms with E-state index in [-0.39, 0.29) is 11.4 Å². The molecule has 6 heteroatoms. The number of phenolic OH excluding ortho intramolecular Hbond substituents is 1. The van der Waals surface area contributed by atoms with Gasteiger partial charge in [-0.3, -0.25) is 4.68 Å². The number of rotatable bonds is 2. The molecule has 1 heterocycles. The highest BCUT2D eigenvalue weighted by atomic mass is 35.5. The van der Waals surface area contributed by atoms with Gasteiger partial charge in [0.15, 0.2) is 5.69 Å². The zero-order valence-corrected chi connectivity index (χ0v) is 9.64. The van der Waals surface area contributed by atoms with Crippen molar-refractivity contribution in [3.05, 3.63) is 35.0 Å². The maximum atomic E-state index is 10.8. The van der Waals surface area contributed by atoms with E-state index in [0.29, 0.717) is 16.3 Å². The quantitative estimate of drug-likeness (QED) is 0.859. The van der Waals surface area contributed by atoms with Crippen LogP contribution in [0.1, 0.15) is 10.5 Å². The van der Waals surface area contributed by atoms with Crippen molar-refractivity contribution < 1.29 is 15.0 Å². The van der Waals surface area contributed by atoms with Crippen LogP contribution in [0.15, 0.2) is 24.3 Å². The lowest BCUT2D eigenvalue weighted by molar-refractivity contribution is 0.0689. The molecule has 0 aliphatic rings. The van der Waals surface area contributed by atoms with Crippen LogP contribution in [0.2, 0.25) is 5.02 Å². The molecule has 0 saturated carbocycles. The van der Waals surface area contributed by atoms with E-state index < -0.39 is 5.97 Å². The van der Waals surface area contributed by atoms with E-state index in [1.54, 1.807) is 13.1 Å². The van der Waals surface area contributed by atoms with Gasteiger partial charge in [0.05, 0.1) is 10.7 Å². The Morgan fingerprint density at radius 3 is 2.71 bits per heavy atom. The number of aryl methyl sites for hydroxylation is 1. The van der Waals surface area contributed by atoms with Crippen LogP contribution in [0.25, 0.3) is 11.3 Å². The number of hydrogen-bond donors (Lipinski definition) is 2. The molecule has 0 spiro atoms. The third-order valence-corrected chi connectivity index (χ3v) is 2.65. The average Bonchev–Trinajstić information content (AvgIpc) is 2.64. The minimum atomic E-state index is -1.11. The molecule has 0 aliphatic carbocycles. The molecule has 0 atom stereocenters. The van der Waals surface area contributed by atoms with Crippen molar-refractivity contribution in [2.24, 2.45) is 7.05 Å². The minimum Gasteiger partial charge on any atom is -0.508 e. The summed E-state index contributed by atoms with van der Waals surface area (Å²) < 4.78 is 1.41. The van der Waals surface area contributed by atoms with E-state index in [4.69, 9.17) is 16.7 Å². The number of benzene rings is 1. The van der Waals surface area contributed by atoms with Gasteiger partial charge in [-0.15, -0.1) is 0 Å². The van der Waals surface area contributed by atoms with Gasteiger partial charge in [0.2, 0.25) is 0 Å². The van der Waals surface area contributed by atoms with Gasteiger partial charge >= 0.3 is 5.97 Å². The second-order valence-electron chi connectivity index (χ2n) is 3.51. The number of nitrogens with zero attached hydrogens (tertiary/aromatic N) is 2. The van der Waals surface area contributed by atoms with Crippen LogP contribution >= 0.6 is 11.6 Å². The molecule has 2 rings (SSSR count). The summed E-state index contributed by atoms with van der Waals surface area (Å²) in [5, 5.41) is 22.5. The fourth-order valence-electron chi connectivity index (χ4n) is 1.53. The van der Waals surface area contributed by atoms with Crippen LogP contribution in [0, 0.1) is 0 Å². The largest absolute Gasteiger partial charge is 0.508 e. The van der Waals surface area contributed by atoms with E-state index in [1.165, 1.54) is 22.9 Å². The van der Waals surface area contributed by atoms with Gasteiger partial charge < -0.3 is 10.2 Å². The standard InChI is InChI=1S/C11H9ClN2O3/c1-14-10(5-9(13-14)11(16)17)7-4-6(15)2-3-8(7)12/h2-5,15H,1H3,(H,16,17). The lowest BCUT2D eigenvalue weighted by atomic mass is 10.1. The number of halogens is 1. The van der Waals surface area contributed by atoms with Crippen molar-refractivity contribution in [3.8, 4) is 17.0 Å². The van der Waals surface area contributed by atoms with Crippen molar-refractivity contribution in [3.63, 3.8) is 0 Å². The number of carboxylic acids is 1. The van der Waals surface area contributed by atoms with Crippen LogP contribution < -0.4 is 0 Å². The van der Waals surface area contributed by atoms with Gasteiger partial charge in [0.25, 0.3) is 0 Å². The molecule has 0 unspecified atom stereocenters. The summed E-state index contributed by atoms with van der Waals surface area (Å²) in [6.45, 7) is 0. The Kier molecular flexibility index (Phi) is 2.77. The molecule has 17 heavy (non-hydrogen) atoms. The number of phenols is 1. The molecule has 0 bridgehead atoms. The predicted octanol–water partition coefficient (Wildman–Crippen LogP) is 2.14. The molecule has 5 nitrogen and oxygen atoms in total. The first-order valence-corrected chi connectivity index (χ1v) is 5.13. The first-order chi connectivity index (χ1) is 7.99. The molecule has 1 aromatic heterocycles. The van der Waals surface area contributed by atoms with Crippen LogP contribution in [-0.4, -0.2) is 26.0 Å². The molecule has 1 aromatic carbocycles. The van der Waals surface area contributed by atoms with E-state index in [0.717, 1.165) is 0 Å². The van der Waals surface area contributed by atoms with Crippen molar-refractivity contribution >= 4 is 17.6 Å². The third-order valence-electron chi connectivity index (χ3n) is 2.32. The maximum Gasteiger partial charge on any atom is 0.356 e. The summed E-state index contributed by atoms with van der Waals surface area (Å²) in [4.78, 5) is 10.8. The Bertz CT molecular complexity index is 592. The Hall–Kier alpha value is -2.01. The number of carboxylic acid groups (broad SMARTS) is 1. The monoisotopic (exact) mass is 252 g/mol. The average molecular weight is 253 g/mol. The molecule has 0 radical (unpaired) electrons. The van der Waals surface area contributed by atoms with E-state index in [9.17, 15) is 9.90 Å². The van der Waals surface area contributed by atoms with Crippen molar-refractivity contribution in [1.29, 1.82) is 0 Å². The van der Waals surface area contributed by atoms with Gasteiger partial charge in [-0.25, -0.2) is 4.79 Å². The smallest absolute Gasteiger partial charge is 0.356 e. The van der Waals surface area contributed by atoms with Gasteiger partial charge in [-0.05, 0) is 24.3 Å². The molecule has 2 aromatic rings. The van der Waals surface area contributed by atoms with Crippen LogP contribution in [0.3, 0.4) is 0 Å². The molecule has 0 fully saturated rings. The van der Waals surface area contributed by atoms with Crippen molar-refractivity contribution in [2.45, 2.75) is 0 Å². The molecule has 0 saturated heterocycles. The fraction of sp³-hybridized carbons (Fsp3) is 0.0909. The maximum absolute atomic E-state index is 10.8. The van der Waals surface area contributed by atoms with Crippen molar-refractivity contribution in [2.75, 3.05) is 0 Å². The first-order valence-electron chi connectivity index (χ1n) is 4.75. The van der Waals surface area contributed by atoms with Crippen LogP contribution in [0.4, 0.5) is 0 Å². The predicted molar refractivity (Wildman–Crippen MR) is 62.3 cm³/mol. The van der Waals surface area contributed by atoms with Crippen LogP contribution in [0.5, 0.6) is 5.75 Å². The third kappa shape index (κ3) is 2.09. The summed E-state index contributed by atoms with van der Waals surface area (Å²) in [5.41, 5.74) is 0.999. The first kappa shape index (κ1) is 11.5. The van der Waals surface area contributed by atoms with Gasteiger partial charge in [-0.2, -0.15) is 5.10 Å². The van der Waals surface area contributed by atoms with Gasteiger partial charge in [0, 0.05) is 12.6 Å². The highest BCUT2D eigenvalue weighted by Gasteiger charge is 2.14. The second-order valence-corrected chi connectivity index (χ2v) is 3.91. The molecule has 2 N–H and O–H groups in total. The number of aromatic hydroxyl groups is 1. The number of aromatic nitrogens is 2. The number of hydrogen-bond acceptors (Lipinski definition) is 3. The Labute approximate surface area is 102 Å². The normalized spacial score (nSPS) is 10.5. The second kappa shape index (κ2) is 4.10. The zero-order chi connectivity index (χ0) is 12.6. The Morgan fingerprint density at radius 2 is 2.12 bits per heavy atom. The Morgan fingerprint density at radius 1 is 1.41 bits per heavy atom. The van der Waals surface area contributed by atoms with E-state index in [1.807, 2.05) is 0 Å². The summed E-state index contributed by atoms with van der Waals surface area (Å²) >= 11 is 5.99. The minimum absolute atomic E-state index is 0.0578. The molecular weight excluding hydrogens is 244 g/mol. The Balaban J connectivity index is 2.60. The number of carbonyl (C=O) groups is 1. The summed E-state index contributed by atoms with van der Waals surface area (Å²) in [6.07, 6.45) is 0. The SMILES string of the molecule is Cn1nc(C(=O)O)cc1-c1cc(O)ccc1Cl. The lowest BCUT2D eigenvalue weighted by Gasteiger charge is -2.04. The highest BCUT2D eigenvalue weighted by molar-refractivity contribution is 6.33. The van der Waals surface area contributed by atoms with Crippen LogP contribution in [-0.2, 0) is 7.05 Å². The molecule has 0 aliphatic heterocycles. The molecular formula is C11H9ClN2O3. The van der Waals surface area contributed by atoms with Gasteiger partial charge in [-0.1, -0.05) is 11.6 Å². The number of aromatic carboxylic acids is 1. The van der Waals surface area contributed by atoms with Gasteiger partial charge in [0.1, 0.15) is 5.75 Å². The fourth-order valence-corrected chi connectivity index (χ4v) is 1.75. The summed E-state index contributed by atoms with van der Waals surface area (Å²) in [7, 11) is 1.61. The highest BCUT2D eigenvalue weighted by Crippen LogP contribution is 2.31. The topological polar surface area (TPSA) is 75.4 Å². The lowest BCUT2D eigenvalue weighted by Crippen LogP contribution is -1.99. The zero-order valence-electron chi connectivity index (χ0n) is 8.88. The molecule has 0 amide bonds. The van der Waals surface area contributed by atoms with E-state index >= 15 is 0 Å². The summed E-state index contributed by atoms with van der Waals surface area (Å²) in [6, 6.07) is 5.87.